The van der Waals surface area contributed by atoms with Crippen LogP contribution < -0.4 is 0 Å². The van der Waals surface area contributed by atoms with Gasteiger partial charge in [0.25, 0.3) is 0 Å². The number of aliphatic hydroxyl groups is 1. The van der Waals surface area contributed by atoms with Crippen molar-refractivity contribution in [1.82, 2.24) is 0 Å². The van der Waals surface area contributed by atoms with E-state index in [-0.39, 0.29) is 10.8 Å². The topological polar surface area (TPSA) is 33.4 Å². The number of fused-ring (bicyclic) bond motifs is 1. The molecular formula is C18H26O2. The number of aliphatic hydroxyl groups excluding tert-OH is 1. The zero-order chi connectivity index (χ0) is 15.3. The van der Waals surface area contributed by atoms with Crippen LogP contribution in [0.25, 0.3) is 11.0 Å². The van der Waals surface area contributed by atoms with Crippen LogP contribution in [0, 0.1) is 12.3 Å². The predicted molar refractivity (Wildman–Crippen MR) is 84.1 cm³/mol. The van der Waals surface area contributed by atoms with E-state index in [0.717, 1.165) is 11.0 Å². The van der Waals surface area contributed by atoms with Crippen LogP contribution >= 0.6 is 0 Å². The number of rotatable bonds is 1. The highest BCUT2D eigenvalue weighted by Gasteiger charge is 2.28. The first-order chi connectivity index (χ1) is 9.01. The summed E-state index contributed by atoms with van der Waals surface area (Å²) in [6, 6.07) is 6.26. The fourth-order valence-electron chi connectivity index (χ4n) is 2.43. The van der Waals surface area contributed by atoms with E-state index in [0.29, 0.717) is 5.76 Å². The first kappa shape index (κ1) is 15.1. The highest BCUT2D eigenvalue weighted by molar-refractivity contribution is 5.85. The fraction of sp³-hybridized carbons (Fsp3) is 0.556. The molecule has 2 nitrogen and oxygen atoms in total. The molecule has 0 radical (unpaired) electrons. The van der Waals surface area contributed by atoms with Gasteiger partial charge in [-0.15, -0.1) is 0 Å². The zero-order valence-electron chi connectivity index (χ0n) is 13.7. The first-order valence-corrected chi connectivity index (χ1v) is 7.23. The average Bonchev–Trinajstić information content (AvgIpc) is 2.70. The van der Waals surface area contributed by atoms with Crippen molar-refractivity contribution >= 4 is 11.0 Å². The van der Waals surface area contributed by atoms with Gasteiger partial charge in [0.2, 0.25) is 0 Å². The van der Waals surface area contributed by atoms with Crippen LogP contribution in [0.5, 0.6) is 0 Å². The molecule has 1 unspecified atom stereocenters. The molecule has 0 fully saturated rings. The van der Waals surface area contributed by atoms with E-state index in [2.05, 4.69) is 39.8 Å². The Morgan fingerprint density at radius 2 is 1.65 bits per heavy atom. The van der Waals surface area contributed by atoms with Crippen molar-refractivity contribution in [3.05, 3.63) is 35.1 Å². The second-order valence-electron chi connectivity index (χ2n) is 7.84. The van der Waals surface area contributed by atoms with E-state index in [1.807, 2.05) is 26.8 Å². The Kier molecular flexibility index (Phi) is 3.50. The number of benzene rings is 1. The molecule has 0 spiro atoms. The summed E-state index contributed by atoms with van der Waals surface area (Å²) in [6.07, 6.45) is -0.595. The van der Waals surface area contributed by atoms with Gasteiger partial charge in [0.15, 0.2) is 0 Å². The monoisotopic (exact) mass is 274 g/mol. The molecule has 1 aromatic heterocycles. The van der Waals surface area contributed by atoms with Crippen LogP contribution in [0.2, 0.25) is 0 Å². The normalized spacial score (nSPS) is 14.8. The predicted octanol–water partition coefficient (Wildman–Crippen LogP) is 5.12. The third kappa shape index (κ3) is 2.62. The standard InChI is InChI=1S/C18H26O2/c1-11-8-9-13(17(2,3)4)15-12(11)10-14(20-15)16(19)18(5,6)7/h8-10,16,19H,1-7H3. The Morgan fingerprint density at radius 3 is 2.15 bits per heavy atom. The Bertz CT molecular complexity index is 621. The molecule has 1 aromatic carbocycles. The van der Waals surface area contributed by atoms with Gasteiger partial charge in [-0.25, -0.2) is 0 Å². The smallest absolute Gasteiger partial charge is 0.138 e. The Balaban J connectivity index is 2.67. The highest BCUT2D eigenvalue weighted by atomic mass is 16.4. The van der Waals surface area contributed by atoms with Crippen molar-refractivity contribution in [2.24, 2.45) is 5.41 Å². The quantitative estimate of drug-likeness (QED) is 0.783. The molecule has 0 saturated carbocycles. The molecule has 0 aliphatic rings. The van der Waals surface area contributed by atoms with Crippen molar-refractivity contribution in [2.75, 3.05) is 0 Å². The summed E-state index contributed by atoms with van der Waals surface area (Å²) in [4.78, 5) is 0. The molecule has 0 aliphatic heterocycles. The van der Waals surface area contributed by atoms with Gasteiger partial charge in [-0.2, -0.15) is 0 Å². The molecule has 2 rings (SSSR count). The molecule has 1 N–H and O–H groups in total. The molecule has 0 amide bonds. The van der Waals surface area contributed by atoms with E-state index in [9.17, 15) is 5.11 Å². The molecule has 2 heteroatoms. The lowest BCUT2D eigenvalue weighted by Gasteiger charge is -2.23. The number of aryl methyl sites for hydroxylation is 1. The van der Waals surface area contributed by atoms with Gasteiger partial charge < -0.3 is 9.52 Å². The minimum atomic E-state index is -0.595. The minimum absolute atomic E-state index is 0.0216. The maximum absolute atomic E-state index is 10.4. The lowest BCUT2D eigenvalue weighted by atomic mass is 9.85. The largest absolute Gasteiger partial charge is 0.458 e. The summed E-state index contributed by atoms with van der Waals surface area (Å²) < 4.78 is 6.04. The third-order valence-electron chi connectivity index (χ3n) is 3.82. The molecule has 2 aromatic rings. The van der Waals surface area contributed by atoms with E-state index < -0.39 is 6.10 Å². The van der Waals surface area contributed by atoms with Crippen molar-refractivity contribution in [3.8, 4) is 0 Å². The lowest BCUT2D eigenvalue weighted by Crippen LogP contribution is -2.17. The van der Waals surface area contributed by atoms with Crippen molar-refractivity contribution in [2.45, 2.75) is 60.0 Å². The zero-order valence-corrected chi connectivity index (χ0v) is 13.7. The lowest BCUT2D eigenvalue weighted by molar-refractivity contribution is 0.0447. The second-order valence-corrected chi connectivity index (χ2v) is 7.84. The summed E-state index contributed by atoms with van der Waals surface area (Å²) in [6.45, 7) is 14.7. The van der Waals surface area contributed by atoms with Gasteiger partial charge in [-0.1, -0.05) is 53.7 Å². The maximum atomic E-state index is 10.4. The Hall–Kier alpha value is -1.28. The Labute approximate surface area is 121 Å². The number of hydrogen-bond donors (Lipinski definition) is 1. The molecule has 20 heavy (non-hydrogen) atoms. The van der Waals surface area contributed by atoms with Gasteiger partial charge in [0.1, 0.15) is 17.4 Å². The number of hydrogen-bond acceptors (Lipinski definition) is 2. The summed E-state index contributed by atoms with van der Waals surface area (Å²) in [5.41, 5.74) is 3.07. The van der Waals surface area contributed by atoms with E-state index in [4.69, 9.17) is 4.42 Å². The minimum Gasteiger partial charge on any atom is -0.458 e. The van der Waals surface area contributed by atoms with E-state index >= 15 is 0 Å². The van der Waals surface area contributed by atoms with Crippen LogP contribution in [-0.2, 0) is 5.41 Å². The first-order valence-electron chi connectivity index (χ1n) is 7.23. The van der Waals surface area contributed by atoms with Crippen LogP contribution in [0.1, 0.15) is 64.5 Å². The SMILES string of the molecule is Cc1ccc(C(C)(C)C)c2oc(C(O)C(C)(C)C)cc12. The molecule has 0 aliphatic carbocycles. The highest BCUT2D eigenvalue weighted by Crippen LogP contribution is 2.39. The fourth-order valence-corrected chi connectivity index (χ4v) is 2.43. The third-order valence-corrected chi connectivity index (χ3v) is 3.82. The summed E-state index contributed by atoms with van der Waals surface area (Å²) in [5, 5.41) is 11.6. The summed E-state index contributed by atoms with van der Waals surface area (Å²) in [5.74, 6) is 0.660. The van der Waals surface area contributed by atoms with Gasteiger partial charge in [0, 0.05) is 10.9 Å². The van der Waals surface area contributed by atoms with E-state index in [1.54, 1.807) is 0 Å². The van der Waals surface area contributed by atoms with Gasteiger partial charge >= 0.3 is 0 Å². The van der Waals surface area contributed by atoms with Crippen LogP contribution in [0.15, 0.2) is 22.6 Å². The maximum Gasteiger partial charge on any atom is 0.138 e. The number of furan rings is 1. The van der Waals surface area contributed by atoms with Crippen LogP contribution in [0.3, 0.4) is 0 Å². The van der Waals surface area contributed by atoms with Gasteiger partial charge in [0.05, 0.1) is 0 Å². The van der Waals surface area contributed by atoms with E-state index in [1.165, 1.54) is 11.1 Å². The molecule has 1 atom stereocenters. The summed E-state index contributed by atoms with van der Waals surface area (Å²) in [7, 11) is 0. The van der Waals surface area contributed by atoms with Crippen LogP contribution in [0.4, 0.5) is 0 Å². The average molecular weight is 274 g/mol. The molecule has 0 saturated heterocycles. The molecule has 1 heterocycles. The van der Waals surface area contributed by atoms with Crippen molar-refractivity contribution < 1.29 is 9.52 Å². The van der Waals surface area contributed by atoms with Gasteiger partial charge in [-0.3, -0.25) is 0 Å². The Morgan fingerprint density at radius 1 is 1.05 bits per heavy atom. The second kappa shape index (κ2) is 4.63. The van der Waals surface area contributed by atoms with Gasteiger partial charge in [-0.05, 0) is 29.4 Å². The van der Waals surface area contributed by atoms with Crippen LogP contribution in [-0.4, -0.2) is 5.11 Å². The molecule has 110 valence electrons. The summed E-state index contributed by atoms with van der Waals surface area (Å²) >= 11 is 0. The van der Waals surface area contributed by atoms with Crippen molar-refractivity contribution in [3.63, 3.8) is 0 Å². The molecule has 0 bridgehead atoms. The molecular weight excluding hydrogens is 248 g/mol. The van der Waals surface area contributed by atoms with Crippen molar-refractivity contribution in [1.29, 1.82) is 0 Å².